The van der Waals surface area contributed by atoms with E-state index in [4.69, 9.17) is 0 Å². The zero-order chi connectivity index (χ0) is 43.6. The number of nitrogens with one attached hydrogen (secondary N) is 4. The van der Waals surface area contributed by atoms with Crippen LogP contribution in [0.25, 0.3) is 0 Å². The largest absolute Gasteiger partial charge is 0.390 e. The number of likely N-dealkylation sites (tertiary alicyclic amines) is 1. The SMILES string of the molecule is O=C1CCC(N2C(=O)c3cc(F)c(NCCCCCCCCCC(=O)N4CCC(Nc5cc(C(=O)NC[C@H](O)CN6CCc7ccccc7C6)ncn5)CC4)cc3C2=O)C(=O)N1. The van der Waals surface area contributed by atoms with Crippen molar-refractivity contribution in [1.29, 1.82) is 0 Å². The molecule has 0 radical (unpaired) electrons. The standard InChI is InChI=1S/C45H56FN9O7/c46-35-22-33-34(45(62)55(44(33)61)38-13-14-40(57)52-43(38)60)23-36(35)47-18-9-5-3-1-2-4-6-12-41(58)54-20-16-31(17-21-54)51-39-24-37(49-28-50-39)42(59)48-25-32(56)27-53-19-15-29-10-7-8-11-30(29)26-53/h7-8,10-11,22-24,28,31-32,38,47,56H,1-6,9,12-21,25-27H2,(H,48,59)(H,49,50,51)(H,52,57,60)/t32-,38?/m0/s1. The van der Waals surface area contributed by atoms with Crippen molar-refractivity contribution in [2.24, 2.45) is 0 Å². The number of imide groups is 2. The van der Waals surface area contributed by atoms with Gasteiger partial charge in [0.15, 0.2) is 0 Å². The van der Waals surface area contributed by atoms with Crippen LogP contribution in [0.4, 0.5) is 15.9 Å². The van der Waals surface area contributed by atoms with Crippen LogP contribution in [0.3, 0.4) is 0 Å². The fraction of sp³-hybridized carbons (Fsp3) is 0.511. The highest BCUT2D eigenvalue weighted by Crippen LogP contribution is 2.31. The maximum Gasteiger partial charge on any atom is 0.270 e. The van der Waals surface area contributed by atoms with E-state index in [1.165, 1.54) is 23.5 Å². The molecule has 330 valence electrons. The van der Waals surface area contributed by atoms with Gasteiger partial charge in [0.25, 0.3) is 17.7 Å². The summed E-state index contributed by atoms with van der Waals surface area (Å²) in [5.74, 6) is -2.92. The first-order valence-electron chi connectivity index (χ1n) is 21.9. The van der Waals surface area contributed by atoms with Crippen molar-refractivity contribution in [2.75, 3.05) is 49.9 Å². The number of unbranched alkanes of at least 4 members (excludes halogenated alkanes) is 6. The lowest BCUT2D eigenvalue weighted by molar-refractivity contribution is -0.136. The molecule has 0 aliphatic carbocycles. The molecule has 5 N–H and O–H groups in total. The number of carbonyl (C=O) groups is 6. The molecule has 0 saturated carbocycles. The van der Waals surface area contributed by atoms with Crippen LogP contribution in [0, 0.1) is 5.82 Å². The van der Waals surface area contributed by atoms with Crippen LogP contribution >= 0.6 is 0 Å². The predicted molar refractivity (Wildman–Crippen MR) is 228 cm³/mol. The molecule has 2 aromatic carbocycles. The van der Waals surface area contributed by atoms with Gasteiger partial charge >= 0.3 is 0 Å². The molecule has 5 heterocycles. The van der Waals surface area contributed by atoms with Crippen molar-refractivity contribution in [2.45, 2.75) is 108 Å². The van der Waals surface area contributed by atoms with Gasteiger partial charge in [-0.3, -0.25) is 43.9 Å². The van der Waals surface area contributed by atoms with Gasteiger partial charge in [-0.2, -0.15) is 0 Å². The molecule has 1 aromatic heterocycles. The molecular weight excluding hydrogens is 798 g/mol. The number of amides is 6. The molecular formula is C45H56FN9O7. The number of piperidine rings is 2. The smallest absolute Gasteiger partial charge is 0.270 e. The van der Waals surface area contributed by atoms with E-state index in [2.05, 4.69) is 48.3 Å². The van der Waals surface area contributed by atoms with Crippen molar-refractivity contribution in [3.05, 3.63) is 82.6 Å². The fourth-order valence-electron chi connectivity index (χ4n) is 8.71. The first kappa shape index (κ1) is 44.3. The van der Waals surface area contributed by atoms with Crippen LogP contribution < -0.4 is 21.3 Å². The van der Waals surface area contributed by atoms with Gasteiger partial charge in [0.05, 0.1) is 22.9 Å². The van der Waals surface area contributed by atoms with Crippen molar-refractivity contribution in [1.82, 2.24) is 35.3 Å². The van der Waals surface area contributed by atoms with Gasteiger partial charge in [0.2, 0.25) is 17.7 Å². The Morgan fingerprint density at radius 2 is 1.56 bits per heavy atom. The number of fused-ring (bicyclic) bond motifs is 2. The molecule has 4 aliphatic heterocycles. The zero-order valence-electron chi connectivity index (χ0n) is 35.0. The van der Waals surface area contributed by atoms with Gasteiger partial charge in [-0.05, 0) is 61.8 Å². The average molecular weight is 854 g/mol. The molecule has 2 fully saturated rings. The fourth-order valence-corrected chi connectivity index (χ4v) is 8.71. The van der Waals surface area contributed by atoms with Gasteiger partial charge in [-0.1, -0.05) is 56.4 Å². The number of halogens is 1. The highest BCUT2D eigenvalue weighted by Gasteiger charge is 2.45. The molecule has 62 heavy (non-hydrogen) atoms. The Balaban J connectivity index is 0.720. The Morgan fingerprint density at radius 3 is 2.32 bits per heavy atom. The second kappa shape index (κ2) is 20.8. The van der Waals surface area contributed by atoms with E-state index < -0.39 is 41.6 Å². The number of aliphatic hydroxyl groups is 1. The summed E-state index contributed by atoms with van der Waals surface area (Å²) in [6.45, 7) is 4.01. The van der Waals surface area contributed by atoms with E-state index in [1.54, 1.807) is 6.07 Å². The topological polar surface area (TPSA) is 206 Å². The second-order valence-electron chi connectivity index (χ2n) is 16.7. The summed E-state index contributed by atoms with van der Waals surface area (Å²) in [4.78, 5) is 89.0. The third kappa shape index (κ3) is 11.2. The number of aromatic nitrogens is 2. The van der Waals surface area contributed by atoms with E-state index in [1.807, 2.05) is 17.0 Å². The van der Waals surface area contributed by atoms with Gasteiger partial charge in [-0.15, -0.1) is 0 Å². The number of hydrogen-bond acceptors (Lipinski definition) is 12. The van der Waals surface area contributed by atoms with Crippen molar-refractivity contribution in [3.8, 4) is 0 Å². The monoisotopic (exact) mass is 853 g/mol. The van der Waals surface area contributed by atoms with Gasteiger partial charge < -0.3 is 26.0 Å². The number of aliphatic hydroxyl groups excluding tert-OH is 1. The maximum atomic E-state index is 14.9. The Morgan fingerprint density at radius 1 is 0.855 bits per heavy atom. The Bertz CT molecular complexity index is 2150. The third-order valence-corrected chi connectivity index (χ3v) is 12.2. The van der Waals surface area contributed by atoms with E-state index >= 15 is 0 Å². The van der Waals surface area contributed by atoms with Crippen LogP contribution in [0.5, 0.6) is 0 Å². The summed E-state index contributed by atoms with van der Waals surface area (Å²) >= 11 is 0. The molecule has 2 saturated heterocycles. The molecule has 16 nitrogen and oxygen atoms in total. The summed E-state index contributed by atoms with van der Waals surface area (Å²) in [5.41, 5.74) is 2.90. The van der Waals surface area contributed by atoms with Crippen molar-refractivity contribution in [3.63, 3.8) is 0 Å². The first-order chi connectivity index (χ1) is 30.0. The summed E-state index contributed by atoms with van der Waals surface area (Å²) in [5, 5.41) is 22.0. The van der Waals surface area contributed by atoms with Crippen LogP contribution in [0.15, 0.2) is 48.8 Å². The predicted octanol–water partition coefficient (Wildman–Crippen LogP) is 3.80. The number of anilines is 2. The first-order valence-corrected chi connectivity index (χ1v) is 21.9. The summed E-state index contributed by atoms with van der Waals surface area (Å²) < 4.78 is 14.9. The van der Waals surface area contributed by atoms with Crippen LogP contribution in [-0.2, 0) is 27.3 Å². The molecule has 6 amide bonds. The second-order valence-corrected chi connectivity index (χ2v) is 16.7. The van der Waals surface area contributed by atoms with E-state index in [-0.39, 0.29) is 59.8 Å². The molecule has 4 aliphatic rings. The van der Waals surface area contributed by atoms with E-state index in [0.717, 1.165) is 88.3 Å². The van der Waals surface area contributed by atoms with Gasteiger partial charge in [0, 0.05) is 70.8 Å². The molecule has 17 heteroatoms. The van der Waals surface area contributed by atoms with Crippen molar-refractivity contribution < 1.29 is 38.3 Å². The third-order valence-electron chi connectivity index (χ3n) is 12.2. The Labute approximate surface area is 360 Å². The molecule has 2 atom stereocenters. The highest BCUT2D eigenvalue weighted by atomic mass is 19.1. The molecule has 1 unspecified atom stereocenters. The Hall–Kier alpha value is -5.81. The maximum absolute atomic E-state index is 14.9. The normalized spacial score (nSPS) is 18.6. The lowest BCUT2D eigenvalue weighted by Crippen LogP contribution is -2.54. The number of benzene rings is 2. The summed E-state index contributed by atoms with van der Waals surface area (Å²) in [7, 11) is 0. The highest BCUT2D eigenvalue weighted by molar-refractivity contribution is 6.23. The van der Waals surface area contributed by atoms with Crippen LogP contribution in [0.2, 0.25) is 0 Å². The minimum absolute atomic E-state index is 0.00932. The number of rotatable bonds is 19. The number of hydrogen-bond donors (Lipinski definition) is 5. The number of nitrogens with zero attached hydrogens (tertiary/aromatic N) is 5. The van der Waals surface area contributed by atoms with E-state index in [9.17, 15) is 38.3 Å². The molecule has 7 rings (SSSR count). The Kier molecular flexibility index (Phi) is 14.9. The number of carbonyl (C=O) groups excluding carboxylic acids is 6. The lowest BCUT2D eigenvalue weighted by atomic mass is 10.00. The zero-order valence-corrected chi connectivity index (χ0v) is 35.0. The average Bonchev–Trinajstić information content (AvgIpc) is 3.50. The molecule has 3 aromatic rings. The molecule has 0 spiro atoms. The molecule has 0 bridgehead atoms. The lowest BCUT2D eigenvalue weighted by Gasteiger charge is -2.32. The van der Waals surface area contributed by atoms with Crippen LogP contribution in [0.1, 0.15) is 119 Å². The quantitative estimate of drug-likeness (QED) is 0.0863. The van der Waals surface area contributed by atoms with Gasteiger partial charge in [0.1, 0.15) is 29.7 Å². The van der Waals surface area contributed by atoms with E-state index in [0.29, 0.717) is 38.4 Å². The summed E-state index contributed by atoms with van der Waals surface area (Å²) in [6, 6.07) is 11.3. The van der Waals surface area contributed by atoms with Gasteiger partial charge in [-0.25, -0.2) is 14.4 Å². The summed E-state index contributed by atoms with van der Waals surface area (Å²) in [6.07, 6.45) is 10.2. The van der Waals surface area contributed by atoms with Crippen LogP contribution in [-0.4, -0.2) is 123 Å². The minimum atomic E-state index is -1.10. The van der Waals surface area contributed by atoms with Crippen molar-refractivity contribution >= 4 is 46.9 Å². The number of β-amino-alcohol motifs (C(OH)–C–C–N with tert-alkyl or cyclic N) is 1. The minimum Gasteiger partial charge on any atom is -0.390 e.